The number of hydrogen-bond acceptors (Lipinski definition) is 2. The minimum Gasteiger partial charge on any atom is -0.342 e. The van der Waals surface area contributed by atoms with E-state index in [9.17, 15) is 0 Å². The third-order valence-corrected chi connectivity index (χ3v) is 5.47. The first-order valence-electron chi connectivity index (χ1n) is 9.30. The Morgan fingerprint density at radius 3 is 2.58 bits per heavy atom. The van der Waals surface area contributed by atoms with Crippen molar-refractivity contribution in [1.82, 2.24) is 15.2 Å². The smallest absolute Gasteiger partial charge is 0.0556 e. The van der Waals surface area contributed by atoms with E-state index >= 15 is 0 Å². The van der Waals surface area contributed by atoms with Crippen molar-refractivity contribution in [3.05, 3.63) is 58.9 Å². The van der Waals surface area contributed by atoms with E-state index < -0.39 is 0 Å². The van der Waals surface area contributed by atoms with Crippen molar-refractivity contribution in [1.29, 1.82) is 0 Å². The minimum absolute atomic E-state index is 0.379. The summed E-state index contributed by atoms with van der Waals surface area (Å²) in [5, 5.41) is 7.13. The molecule has 2 N–H and O–H groups in total. The van der Waals surface area contributed by atoms with Gasteiger partial charge in [-0.15, -0.1) is 0 Å². The molecule has 0 spiro atoms. The van der Waals surface area contributed by atoms with Crippen LogP contribution >= 0.6 is 0 Å². The van der Waals surface area contributed by atoms with Crippen LogP contribution in [0.4, 0.5) is 0 Å². The van der Waals surface area contributed by atoms with Gasteiger partial charge in [0.15, 0.2) is 0 Å². The standard InChI is InChI=1S/C21H31N3/c1-16-13-21(15-23-14-19-9-11-22-12-10-19)18(3)24(16)17(2)20-7-5-4-6-8-20/h4-8,13,17,19,22-23H,9-12,14-15H2,1-3H3. The molecule has 3 rings (SSSR count). The zero-order chi connectivity index (χ0) is 16.9. The second-order valence-electron chi connectivity index (χ2n) is 7.18. The van der Waals surface area contributed by atoms with Crippen molar-refractivity contribution in [2.75, 3.05) is 19.6 Å². The van der Waals surface area contributed by atoms with Crippen molar-refractivity contribution in [3.8, 4) is 0 Å². The van der Waals surface area contributed by atoms with Crippen molar-refractivity contribution >= 4 is 0 Å². The Hall–Kier alpha value is -1.58. The van der Waals surface area contributed by atoms with Crippen molar-refractivity contribution < 1.29 is 0 Å². The summed E-state index contributed by atoms with van der Waals surface area (Å²) < 4.78 is 2.47. The summed E-state index contributed by atoms with van der Waals surface area (Å²) >= 11 is 0. The van der Waals surface area contributed by atoms with Crippen LogP contribution in [0.2, 0.25) is 0 Å². The molecular weight excluding hydrogens is 294 g/mol. The number of aryl methyl sites for hydroxylation is 1. The second-order valence-corrected chi connectivity index (χ2v) is 7.18. The summed E-state index contributed by atoms with van der Waals surface area (Å²) in [5.74, 6) is 0.831. The maximum Gasteiger partial charge on any atom is 0.0556 e. The topological polar surface area (TPSA) is 29.0 Å². The molecular formula is C21H31N3. The number of nitrogens with zero attached hydrogens (tertiary/aromatic N) is 1. The van der Waals surface area contributed by atoms with Gasteiger partial charge in [-0.2, -0.15) is 0 Å². The lowest BCUT2D eigenvalue weighted by Gasteiger charge is -2.23. The van der Waals surface area contributed by atoms with Crippen molar-refractivity contribution in [2.24, 2.45) is 5.92 Å². The summed E-state index contributed by atoms with van der Waals surface area (Å²) in [7, 11) is 0. The maximum absolute atomic E-state index is 3.69. The molecule has 0 aliphatic carbocycles. The summed E-state index contributed by atoms with van der Waals surface area (Å²) in [6.07, 6.45) is 2.61. The van der Waals surface area contributed by atoms with Crippen LogP contribution < -0.4 is 10.6 Å². The molecule has 0 amide bonds. The van der Waals surface area contributed by atoms with Crippen LogP contribution in [0.15, 0.2) is 36.4 Å². The molecule has 2 aromatic rings. The van der Waals surface area contributed by atoms with E-state index in [4.69, 9.17) is 0 Å². The predicted octanol–water partition coefficient (Wildman–Crippen LogP) is 3.80. The summed E-state index contributed by atoms with van der Waals surface area (Å²) in [6, 6.07) is 13.5. The van der Waals surface area contributed by atoms with E-state index in [1.807, 2.05) is 0 Å². The van der Waals surface area contributed by atoms with E-state index in [-0.39, 0.29) is 0 Å². The molecule has 3 heteroatoms. The highest BCUT2D eigenvalue weighted by molar-refractivity contribution is 5.30. The molecule has 1 fully saturated rings. The molecule has 1 aromatic heterocycles. The lowest BCUT2D eigenvalue weighted by atomic mass is 9.98. The Balaban J connectivity index is 1.65. The number of rotatable bonds is 6. The van der Waals surface area contributed by atoms with Gasteiger partial charge in [0.25, 0.3) is 0 Å². The quantitative estimate of drug-likeness (QED) is 0.846. The van der Waals surface area contributed by atoms with Gasteiger partial charge in [-0.3, -0.25) is 0 Å². The van der Waals surface area contributed by atoms with Crippen LogP contribution in [0.3, 0.4) is 0 Å². The molecule has 130 valence electrons. The van der Waals surface area contributed by atoms with E-state index in [1.54, 1.807) is 0 Å². The van der Waals surface area contributed by atoms with Gasteiger partial charge in [-0.1, -0.05) is 30.3 Å². The van der Waals surface area contributed by atoms with Crippen LogP contribution in [-0.2, 0) is 6.54 Å². The third kappa shape index (κ3) is 3.90. The normalized spacial score (nSPS) is 17.1. The molecule has 0 bridgehead atoms. The molecule has 3 nitrogen and oxygen atoms in total. The van der Waals surface area contributed by atoms with Gasteiger partial charge in [-0.05, 0) is 76.4 Å². The second kappa shape index (κ2) is 8.00. The van der Waals surface area contributed by atoms with Crippen LogP contribution in [0, 0.1) is 19.8 Å². The van der Waals surface area contributed by atoms with E-state index in [2.05, 4.69) is 72.4 Å². The van der Waals surface area contributed by atoms with Gasteiger partial charge < -0.3 is 15.2 Å². The molecule has 1 aliphatic rings. The first-order valence-corrected chi connectivity index (χ1v) is 9.30. The Kier molecular flexibility index (Phi) is 5.75. The van der Waals surface area contributed by atoms with E-state index in [0.717, 1.165) is 19.0 Å². The highest BCUT2D eigenvalue weighted by Crippen LogP contribution is 2.25. The molecule has 1 unspecified atom stereocenters. The Bertz CT molecular complexity index is 639. The number of aromatic nitrogens is 1. The lowest BCUT2D eigenvalue weighted by molar-refractivity contribution is 0.356. The third-order valence-electron chi connectivity index (χ3n) is 5.47. The minimum atomic E-state index is 0.379. The highest BCUT2D eigenvalue weighted by atomic mass is 15.0. The first kappa shape index (κ1) is 17.2. The van der Waals surface area contributed by atoms with Crippen LogP contribution in [0.5, 0.6) is 0 Å². The van der Waals surface area contributed by atoms with Crippen LogP contribution in [0.1, 0.15) is 48.3 Å². The predicted molar refractivity (Wildman–Crippen MR) is 101 cm³/mol. The van der Waals surface area contributed by atoms with Gasteiger partial charge in [0.05, 0.1) is 6.04 Å². The Morgan fingerprint density at radius 2 is 1.88 bits per heavy atom. The lowest BCUT2D eigenvalue weighted by Crippen LogP contribution is -2.33. The maximum atomic E-state index is 3.69. The SMILES string of the molecule is Cc1cc(CNCC2CCNCC2)c(C)n1C(C)c1ccccc1. The number of piperidine rings is 1. The monoisotopic (exact) mass is 325 g/mol. The van der Waals surface area contributed by atoms with Gasteiger partial charge in [0, 0.05) is 17.9 Å². The van der Waals surface area contributed by atoms with Gasteiger partial charge >= 0.3 is 0 Å². The van der Waals surface area contributed by atoms with Crippen molar-refractivity contribution in [2.45, 2.75) is 46.2 Å². The Morgan fingerprint density at radius 1 is 1.17 bits per heavy atom. The molecule has 1 aliphatic heterocycles. The van der Waals surface area contributed by atoms with Crippen LogP contribution in [0.25, 0.3) is 0 Å². The fraction of sp³-hybridized carbons (Fsp3) is 0.524. The Labute approximate surface area is 146 Å². The van der Waals surface area contributed by atoms with Gasteiger partial charge in [0.2, 0.25) is 0 Å². The molecule has 0 radical (unpaired) electrons. The van der Waals surface area contributed by atoms with E-state index in [1.165, 1.54) is 48.4 Å². The number of nitrogens with one attached hydrogen (secondary N) is 2. The van der Waals surface area contributed by atoms with Gasteiger partial charge in [0.1, 0.15) is 0 Å². The molecule has 2 heterocycles. The zero-order valence-electron chi connectivity index (χ0n) is 15.3. The number of hydrogen-bond donors (Lipinski definition) is 2. The molecule has 0 saturated carbocycles. The molecule has 1 aromatic carbocycles. The highest BCUT2D eigenvalue weighted by Gasteiger charge is 2.16. The molecule has 1 atom stereocenters. The summed E-state index contributed by atoms with van der Waals surface area (Å²) in [6.45, 7) is 11.2. The fourth-order valence-corrected chi connectivity index (χ4v) is 4.00. The average molecular weight is 326 g/mol. The zero-order valence-corrected chi connectivity index (χ0v) is 15.3. The first-order chi connectivity index (χ1) is 11.7. The van der Waals surface area contributed by atoms with Gasteiger partial charge in [-0.25, -0.2) is 0 Å². The summed E-state index contributed by atoms with van der Waals surface area (Å²) in [4.78, 5) is 0. The van der Waals surface area contributed by atoms with E-state index in [0.29, 0.717) is 6.04 Å². The molecule has 1 saturated heterocycles. The average Bonchev–Trinajstić information content (AvgIpc) is 2.90. The number of benzene rings is 1. The fourth-order valence-electron chi connectivity index (χ4n) is 4.00. The molecule has 24 heavy (non-hydrogen) atoms. The van der Waals surface area contributed by atoms with Crippen molar-refractivity contribution in [3.63, 3.8) is 0 Å². The largest absolute Gasteiger partial charge is 0.342 e. The van der Waals surface area contributed by atoms with Crippen LogP contribution in [-0.4, -0.2) is 24.2 Å². The summed E-state index contributed by atoms with van der Waals surface area (Å²) in [5.41, 5.74) is 5.54.